The molecule has 0 spiro atoms. The van der Waals surface area contributed by atoms with Crippen LogP contribution in [0.1, 0.15) is 18.4 Å². The van der Waals surface area contributed by atoms with Gasteiger partial charge >= 0.3 is 0 Å². The van der Waals surface area contributed by atoms with Gasteiger partial charge in [-0.25, -0.2) is 0 Å². The number of ether oxygens (including phenoxy) is 1. The Balaban J connectivity index is 0.00000338. The number of rotatable bonds is 7. The van der Waals surface area contributed by atoms with Gasteiger partial charge in [-0.3, -0.25) is 9.79 Å². The summed E-state index contributed by atoms with van der Waals surface area (Å²) in [7, 11) is 0. The average Bonchev–Trinajstić information content (AvgIpc) is 2.67. The summed E-state index contributed by atoms with van der Waals surface area (Å²) in [6.07, 6.45) is 1.78. The molecule has 1 amide bonds. The number of nitrogens with zero attached hydrogens (tertiary/aromatic N) is 2. The smallest absolute Gasteiger partial charge is 0.232 e. The van der Waals surface area contributed by atoms with Crippen molar-refractivity contribution in [2.24, 2.45) is 4.99 Å². The van der Waals surface area contributed by atoms with Crippen LogP contribution in [0.3, 0.4) is 0 Å². The second kappa shape index (κ2) is 12.7. The highest BCUT2D eigenvalue weighted by Gasteiger charge is 2.27. The summed E-state index contributed by atoms with van der Waals surface area (Å²) in [6.45, 7) is 9.97. The number of hydrogen-bond acceptors (Lipinski definition) is 3. The fraction of sp³-hybridized carbons (Fsp3) is 0.474. The van der Waals surface area contributed by atoms with Crippen LogP contribution in [0.15, 0.2) is 48.0 Å². The van der Waals surface area contributed by atoms with E-state index in [1.807, 2.05) is 42.2 Å². The van der Waals surface area contributed by atoms with Crippen LogP contribution < -0.4 is 10.6 Å². The Morgan fingerprint density at radius 1 is 1.31 bits per heavy atom. The van der Waals surface area contributed by atoms with Crippen molar-refractivity contribution in [1.82, 2.24) is 15.5 Å². The molecule has 1 aliphatic heterocycles. The van der Waals surface area contributed by atoms with Gasteiger partial charge in [-0.1, -0.05) is 36.4 Å². The third-order valence-electron chi connectivity index (χ3n) is 4.01. The fourth-order valence-electron chi connectivity index (χ4n) is 2.71. The maximum atomic E-state index is 13.0. The van der Waals surface area contributed by atoms with Gasteiger partial charge < -0.3 is 20.3 Å². The second-order valence-corrected chi connectivity index (χ2v) is 5.79. The number of carbonyl (C=O) groups is 1. The van der Waals surface area contributed by atoms with Crippen LogP contribution in [0.2, 0.25) is 0 Å². The molecule has 1 saturated heterocycles. The van der Waals surface area contributed by atoms with Gasteiger partial charge in [0.25, 0.3) is 0 Å². The molecule has 1 aromatic rings. The Kier molecular flexibility index (Phi) is 11.0. The maximum absolute atomic E-state index is 13.0. The largest absolute Gasteiger partial charge is 0.378 e. The molecular weight excluding hydrogens is 443 g/mol. The number of amides is 1. The Morgan fingerprint density at radius 3 is 2.62 bits per heavy atom. The first-order valence-electron chi connectivity index (χ1n) is 8.80. The van der Waals surface area contributed by atoms with E-state index in [1.165, 1.54) is 0 Å². The number of hydrogen-bond donors (Lipinski definition) is 2. The molecule has 1 fully saturated rings. The predicted octanol–water partition coefficient (Wildman–Crippen LogP) is 1.99. The summed E-state index contributed by atoms with van der Waals surface area (Å²) in [5.74, 6) is 0.509. The van der Waals surface area contributed by atoms with E-state index in [0.29, 0.717) is 45.4 Å². The molecule has 6 nitrogen and oxygen atoms in total. The van der Waals surface area contributed by atoms with Crippen LogP contribution in [0, 0.1) is 0 Å². The van der Waals surface area contributed by atoms with E-state index < -0.39 is 0 Å². The van der Waals surface area contributed by atoms with Crippen molar-refractivity contribution < 1.29 is 9.53 Å². The van der Waals surface area contributed by atoms with Gasteiger partial charge in [-0.15, -0.1) is 30.6 Å². The molecule has 1 aliphatic rings. The van der Waals surface area contributed by atoms with E-state index in [0.717, 1.165) is 12.1 Å². The van der Waals surface area contributed by atoms with Crippen LogP contribution in [0.4, 0.5) is 0 Å². The van der Waals surface area contributed by atoms with E-state index >= 15 is 0 Å². The molecule has 0 radical (unpaired) electrons. The molecule has 0 bridgehead atoms. The number of halogens is 1. The molecule has 1 unspecified atom stereocenters. The molecule has 26 heavy (non-hydrogen) atoms. The quantitative estimate of drug-likeness (QED) is 0.276. The van der Waals surface area contributed by atoms with Crippen molar-refractivity contribution in [3.63, 3.8) is 0 Å². The average molecular weight is 472 g/mol. The van der Waals surface area contributed by atoms with Crippen LogP contribution >= 0.6 is 24.0 Å². The minimum atomic E-state index is -0.293. The number of nitrogens with one attached hydrogen (secondary N) is 2. The highest BCUT2D eigenvalue weighted by molar-refractivity contribution is 14.0. The zero-order valence-corrected chi connectivity index (χ0v) is 17.6. The monoisotopic (exact) mass is 472 g/mol. The molecule has 144 valence electrons. The third kappa shape index (κ3) is 6.95. The summed E-state index contributed by atoms with van der Waals surface area (Å²) in [4.78, 5) is 19.5. The maximum Gasteiger partial charge on any atom is 0.232 e. The summed E-state index contributed by atoms with van der Waals surface area (Å²) in [5, 5.41) is 6.36. The molecule has 1 aromatic carbocycles. The number of carbonyl (C=O) groups excluding carboxylic acids is 1. The lowest BCUT2D eigenvalue weighted by atomic mass is 9.97. The minimum Gasteiger partial charge on any atom is -0.378 e. The number of guanidine groups is 1. The van der Waals surface area contributed by atoms with E-state index in [1.54, 1.807) is 6.08 Å². The first-order chi connectivity index (χ1) is 12.3. The lowest BCUT2D eigenvalue weighted by Crippen LogP contribution is -2.44. The Morgan fingerprint density at radius 2 is 2.00 bits per heavy atom. The van der Waals surface area contributed by atoms with Crippen LogP contribution in [0.5, 0.6) is 0 Å². The Labute approximate surface area is 173 Å². The van der Waals surface area contributed by atoms with Gasteiger partial charge in [0.2, 0.25) is 5.91 Å². The van der Waals surface area contributed by atoms with Crippen LogP contribution in [-0.4, -0.2) is 62.7 Å². The lowest BCUT2D eigenvalue weighted by Gasteiger charge is -2.30. The summed E-state index contributed by atoms with van der Waals surface area (Å²) in [5.41, 5.74) is 0.988. The summed E-state index contributed by atoms with van der Waals surface area (Å²) < 4.78 is 5.36. The van der Waals surface area contributed by atoms with Crippen molar-refractivity contribution in [2.75, 3.05) is 45.9 Å². The van der Waals surface area contributed by atoms with Crippen molar-refractivity contribution in [3.05, 3.63) is 48.6 Å². The minimum absolute atomic E-state index is 0. The molecule has 2 N–H and O–H groups in total. The van der Waals surface area contributed by atoms with Gasteiger partial charge in [0.05, 0.1) is 25.7 Å². The highest BCUT2D eigenvalue weighted by Crippen LogP contribution is 2.20. The highest BCUT2D eigenvalue weighted by atomic mass is 127. The number of benzene rings is 1. The van der Waals surface area contributed by atoms with Gasteiger partial charge in [-0.05, 0) is 12.5 Å². The molecule has 1 heterocycles. The van der Waals surface area contributed by atoms with Crippen molar-refractivity contribution in [1.29, 1.82) is 0 Å². The summed E-state index contributed by atoms with van der Waals surface area (Å²) in [6, 6.07) is 9.85. The van der Waals surface area contributed by atoms with E-state index in [2.05, 4.69) is 22.2 Å². The van der Waals surface area contributed by atoms with E-state index in [-0.39, 0.29) is 35.8 Å². The predicted molar refractivity (Wildman–Crippen MR) is 116 cm³/mol. The van der Waals surface area contributed by atoms with Crippen LogP contribution in [0.25, 0.3) is 0 Å². The third-order valence-corrected chi connectivity index (χ3v) is 4.01. The number of aliphatic imine (C=N–C) groups is 1. The standard InChI is InChI=1S/C19H28N4O2.HI/c1-3-10-21-19(20-4-2)22-15-17(16-8-6-5-7-9-16)18(24)23-11-13-25-14-12-23;/h3,5-9,17H,1,4,10-15H2,2H3,(H2,20,21,22);1H. The zero-order chi connectivity index (χ0) is 17.9. The molecule has 0 aromatic heterocycles. The normalized spacial score (nSPS) is 15.6. The first kappa shape index (κ1) is 22.4. The molecule has 1 atom stereocenters. The SMILES string of the molecule is C=CCNC(=NCC(C(=O)N1CCOCC1)c1ccccc1)NCC.I. The molecular formula is C19H29IN4O2. The fourth-order valence-corrected chi connectivity index (χ4v) is 2.71. The van der Waals surface area contributed by atoms with Gasteiger partial charge in [0, 0.05) is 26.2 Å². The van der Waals surface area contributed by atoms with Crippen molar-refractivity contribution in [2.45, 2.75) is 12.8 Å². The van der Waals surface area contributed by atoms with Gasteiger partial charge in [-0.2, -0.15) is 0 Å². The molecule has 2 rings (SSSR count). The van der Waals surface area contributed by atoms with E-state index in [9.17, 15) is 4.79 Å². The molecule has 0 aliphatic carbocycles. The van der Waals surface area contributed by atoms with Gasteiger partial charge in [0.15, 0.2) is 5.96 Å². The number of morpholine rings is 1. The van der Waals surface area contributed by atoms with Crippen LogP contribution in [-0.2, 0) is 9.53 Å². The first-order valence-corrected chi connectivity index (χ1v) is 8.80. The summed E-state index contributed by atoms with van der Waals surface area (Å²) >= 11 is 0. The Bertz CT molecular complexity index is 574. The van der Waals surface area contributed by atoms with Crippen molar-refractivity contribution in [3.8, 4) is 0 Å². The topological polar surface area (TPSA) is 66.0 Å². The zero-order valence-electron chi connectivity index (χ0n) is 15.3. The second-order valence-electron chi connectivity index (χ2n) is 5.79. The van der Waals surface area contributed by atoms with Crippen molar-refractivity contribution >= 4 is 35.8 Å². The Hall–Kier alpha value is -1.61. The van der Waals surface area contributed by atoms with E-state index in [4.69, 9.17) is 4.74 Å². The van der Waals surface area contributed by atoms with Gasteiger partial charge in [0.1, 0.15) is 0 Å². The lowest BCUT2D eigenvalue weighted by molar-refractivity contribution is -0.136. The molecule has 0 saturated carbocycles. The molecule has 7 heteroatoms.